The van der Waals surface area contributed by atoms with E-state index in [-0.39, 0.29) is 18.2 Å². The van der Waals surface area contributed by atoms with Crippen molar-refractivity contribution in [3.63, 3.8) is 0 Å². The van der Waals surface area contributed by atoms with Gasteiger partial charge in [-0.1, -0.05) is 0 Å². The highest BCUT2D eigenvalue weighted by Gasteiger charge is 2.17. The maximum absolute atomic E-state index is 11.5. The van der Waals surface area contributed by atoms with Crippen LogP contribution in [0.2, 0.25) is 0 Å². The molecule has 0 aliphatic heterocycles. The summed E-state index contributed by atoms with van der Waals surface area (Å²) >= 11 is 0. The number of amides is 2. The summed E-state index contributed by atoms with van der Waals surface area (Å²) in [5.74, 6) is -0.268. The molecule has 0 rings (SSSR count). The molecule has 1 atom stereocenters. The first-order valence-electron chi connectivity index (χ1n) is 4.77. The predicted molar refractivity (Wildman–Crippen MR) is 54.6 cm³/mol. The van der Waals surface area contributed by atoms with Gasteiger partial charge in [-0.05, 0) is 13.8 Å². The van der Waals surface area contributed by atoms with Crippen LogP contribution >= 0.6 is 0 Å². The van der Waals surface area contributed by atoms with Gasteiger partial charge in [0.25, 0.3) is 0 Å². The topological polar surface area (TPSA) is 75.4 Å². The van der Waals surface area contributed by atoms with Crippen LogP contribution in [-0.2, 0) is 9.59 Å². The standard InChI is InChI=1S/C9H19N3O2/c1-4-12(3)9(14)7(2)11-8(13)5-6-10/h7H,4-6,10H2,1-3H3,(H,11,13). The third-order valence-electron chi connectivity index (χ3n) is 1.97. The molecule has 1 unspecified atom stereocenters. The van der Waals surface area contributed by atoms with Crippen LogP contribution in [-0.4, -0.2) is 42.9 Å². The molecule has 0 saturated heterocycles. The molecule has 0 aromatic rings. The first kappa shape index (κ1) is 12.9. The van der Waals surface area contributed by atoms with Gasteiger partial charge >= 0.3 is 0 Å². The first-order valence-corrected chi connectivity index (χ1v) is 4.77. The third-order valence-corrected chi connectivity index (χ3v) is 1.97. The van der Waals surface area contributed by atoms with Crippen molar-refractivity contribution in [2.45, 2.75) is 26.3 Å². The fourth-order valence-electron chi connectivity index (χ4n) is 0.993. The summed E-state index contributed by atoms with van der Waals surface area (Å²) in [4.78, 5) is 24.2. The Hall–Kier alpha value is -1.10. The Morgan fingerprint density at radius 3 is 2.50 bits per heavy atom. The fourth-order valence-corrected chi connectivity index (χ4v) is 0.993. The summed E-state index contributed by atoms with van der Waals surface area (Å²) in [6, 6.07) is -0.473. The molecule has 5 heteroatoms. The second-order valence-electron chi connectivity index (χ2n) is 3.18. The van der Waals surface area contributed by atoms with E-state index in [1.165, 1.54) is 0 Å². The van der Waals surface area contributed by atoms with Crippen LogP contribution < -0.4 is 11.1 Å². The lowest BCUT2D eigenvalue weighted by atomic mass is 10.2. The molecule has 0 aliphatic carbocycles. The minimum absolute atomic E-state index is 0.0853. The summed E-state index contributed by atoms with van der Waals surface area (Å²) in [6.07, 6.45) is 0.257. The molecular formula is C9H19N3O2. The molecule has 0 fully saturated rings. The van der Waals surface area contributed by atoms with E-state index < -0.39 is 6.04 Å². The molecule has 0 aliphatic rings. The molecule has 5 nitrogen and oxygen atoms in total. The van der Waals surface area contributed by atoms with Crippen molar-refractivity contribution in [3.05, 3.63) is 0 Å². The van der Waals surface area contributed by atoms with E-state index in [4.69, 9.17) is 5.73 Å². The fraction of sp³-hybridized carbons (Fsp3) is 0.778. The van der Waals surface area contributed by atoms with Gasteiger partial charge in [-0.15, -0.1) is 0 Å². The molecule has 3 N–H and O–H groups in total. The van der Waals surface area contributed by atoms with Crippen molar-refractivity contribution < 1.29 is 9.59 Å². The van der Waals surface area contributed by atoms with Crippen molar-refractivity contribution >= 4 is 11.8 Å². The van der Waals surface area contributed by atoms with Gasteiger partial charge < -0.3 is 16.0 Å². The third kappa shape index (κ3) is 4.23. The van der Waals surface area contributed by atoms with Crippen LogP contribution in [0.25, 0.3) is 0 Å². The minimum Gasteiger partial charge on any atom is -0.345 e. The van der Waals surface area contributed by atoms with E-state index in [2.05, 4.69) is 5.32 Å². The Labute approximate surface area is 84.6 Å². The number of carbonyl (C=O) groups excluding carboxylic acids is 2. The molecule has 82 valence electrons. The summed E-state index contributed by atoms with van der Waals surface area (Å²) in [7, 11) is 1.70. The van der Waals surface area contributed by atoms with Crippen LogP contribution in [0.1, 0.15) is 20.3 Å². The Kier molecular flexibility index (Phi) is 5.87. The van der Waals surface area contributed by atoms with E-state index in [9.17, 15) is 9.59 Å². The highest BCUT2D eigenvalue weighted by molar-refractivity contribution is 5.87. The molecule has 0 aromatic heterocycles. The molecular weight excluding hydrogens is 182 g/mol. The van der Waals surface area contributed by atoms with Gasteiger partial charge in [0, 0.05) is 26.6 Å². The molecule has 0 aromatic carbocycles. The minimum atomic E-state index is -0.473. The highest BCUT2D eigenvalue weighted by Crippen LogP contribution is 1.92. The number of nitrogens with two attached hydrogens (primary N) is 1. The maximum Gasteiger partial charge on any atom is 0.244 e. The van der Waals surface area contributed by atoms with E-state index in [0.29, 0.717) is 13.1 Å². The smallest absolute Gasteiger partial charge is 0.244 e. The molecule has 0 radical (unpaired) electrons. The monoisotopic (exact) mass is 201 g/mol. The molecule has 0 bridgehead atoms. The molecule has 14 heavy (non-hydrogen) atoms. The summed E-state index contributed by atoms with van der Waals surface area (Å²) in [5.41, 5.74) is 5.21. The summed E-state index contributed by atoms with van der Waals surface area (Å²) in [5, 5.41) is 2.59. The van der Waals surface area contributed by atoms with Crippen LogP contribution in [0.4, 0.5) is 0 Å². The number of nitrogens with one attached hydrogen (secondary N) is 1. The first-order chi connectivity index (χ1) is 6.52. The molecule has 2 amide bonds. The van der Waals surface area contributed by atoms with Gasteiger partial charge in [0.05, 0.1) is 0 Å². The summed E-state index contributed by atoms with van der Waals surface area (Å²) < 4.78 is 0. The number of carbonyl (C=O) groups is 2. The van der Waals surface area contributed by atoms with Crippen LogP contribution in [0.3, 0.4) is 0 Å². The lowest BCUT2D eigenvalue weighted by Crippen LogP contribution is -2.45. The zero-order chi connectivity index (χ0) is 11.1. The van der Waals surface area contributed by atoms with Gasteiger partial charge in [-0.25, -0.2) is 0 Å². The Morgan fingerprint density at radius 2 is 2.07 bits per heavy atom. The van der Waals surface area contributed by atoms with Crippen molar-refractivity contribution in [1.29, 1.82) is 0 Å². The predicted octanol–water partition coefficient (Wildman–Crippen LogP) is -0.682. The Balaban J connectivity index is 4.01. The van der Waals surface area contributed by atoms with Gasteiger partial charge in [0.1, 0.15) is 6.04 Å². The second kappa shape index (κ2) is 6.37. The van der Waals surface area contributed by atoms with Gasteiger partial charge in [-0.3, -0.25) is 9.59 Å². The molecule has 0 spiro atoms. The quantitative estimate of drug-likeness (QED) is 0.618. The number of rotatable bonds is 5. The van der Waals surface area contributed by atoms with Gasteiger partial charge in [0.15, 0.2) is 0 Å². The number of likely N-dealkylation sites (N-methyl/N-ethyl adjacent to an activating group) is 1. The Bertz CT molecular complexity index is 206. The average molecular weight is 201 g/mol. The Morgan fingerprint density at radius 1 is 1.50 bits per heavy atom. The van der Waals surface area contributed by atoms with Crippen molar-refractivity contribution in [2.24, 2.45) is 5.73 Å². The zero-order valence-electron chi connectivity index (χ0n) is 9.04. The van der Waals surface area contributed by atoms with Gasteiger partial charge in [-0.2, -0.15) is 0 Å². The van der Waals surface area contributed by atoms with Crippen LogP contribution in [0.5, 0.6) is 0 Å². The largest absolute Gasteiger partial charge is 0.345 e. The molecule has 0 saturated carbocycles. The zero-order valence-corrected chi connectivity index (χ0v) is 9.04. The van der Waals surface area contributed by atoms with Crippen LogP contribution in [0, 0.1) is 0 Å². The lowest BCUT2D eigenvalue weighted by Gasteiger charge is -2.20. The maximum atomic E-state index is 11.5. The average Bonchev–Trinajstić information content (AvgIpc) is 2.15. The second-order valence-corrected chi connectivity index (χ2v) is 3.18. The van der Waals surface area contributed by atoms with Gasteiger partial charge in [0.2, 0.25) is 11.8 Å². The number of hydrogen-bond donors (Lipinski definition) is 2. The highest BCUT2D eigenvalue weighted by atomic mass is 16.2. The van der Waals surface area contributed by atoms with Crippen molar-refractivity contribution in [2.75, 3.05) is 20.1 Å². The number of hydrogen-bond acceptors (Lipinski definition) is 3. The van der Waals surface area contributed by atoms with Crippen molar-refractivity contribution in [3.8, 4) is 0 Å². The van der Waals surface area contributed by atoms with Crippen LogP contribution in [0.15, 0.2) is 0 Å². The number of nitrogens with zero attached hydrogens (tertiary/aromatic N) is 1. The lowest BCUT2D eigenvalue weighted by molar-refractivity contribution is -0.134. The van der Waals surface area contributed by atoms with E-state index in [1.54, 1.807) is 18.9 Å². The van der Waals surface area contributed by atoms with E-state index >= 15 is 0 Å². The normalized spacial score (nSPS) is 12.0. The van der Waals surface area contributed by atoms with E-state index in [1.807, 2.05) is 6.92 Å². The summed E-state index contributed by atoms with van der Waals surface area (Å²) in [6.45, 7) is 4.49. The SMILES string of the molecule is CCN(C)C(=O)C(C)NC(=O)CCN. The molecule has 0 heterocycles. The van der Waals surface area contributed by atoms with Crippen molar-refractivity contribution in [1.82, 2.24) is 10.2 Å². The van der Waals surface area contributed by atoms with E-state index in [0.717, 1.165) is 0 Å².